The number of carbonyl (C=O) groups excluding carboxylic acids is 3. The minimum atomic E-state index is -1.000. The van der Waals surface area contributed by atoms with E-state index in [1.165, 1.54) is 14.2 Å². The van der Waals surface area contributed by atoms with E-state index in [1.54, 1.807) is 0 Å². The Morgan fingerprint density at radius 1 is 1.23 bits per heavy atom. The molecule has 0 spiro atoms. The van der Waals surface area contributed by atoms with Gasteiger partial charge in [0.05, 0.1) is 14.2 Å². The molecule has 0 saturated carbocycles. The van der Waals surface area contributed by atoms with E-state index < -0.39 is 30.2 Å². The lowest BCUT2D eigenvalue weighted by Crippen LogP contribution is -2.44. The van der Waals surface area contributed by atoms with Crippen molar-refractivity contribution in [2.24, 2.45) is 5.16 Å². The summed E-state index contributed by atoms with van der Waals surface area (Å²) in [7, 11) is 2.44. The fourth-order valence-electron chi connectivity index (χ4n) is 2.32. The molecule has 1 aromatic rings. The number of hydrogen-bond donors (Lipinski definition) is 1. The van der Waals surface area contributed by atoms with Crippen LogP contribution >= 0.6 is 0 Å². The lowest BCUT2D eigenvalue weighted by molar-refractivity contribution is -0.144. The van der Waals surface area contributed by atoms with Gasteiger partial charge < -0.3 is 24.4 Å². The summed E-state index contributed by atoms with van der Waals surface area (Å²) < 4.78 is 14.3. The summed E-state index contributed by atoms with van der Waals surface area (Å²) >= 11 is 0. The van der Waals surface area contributed by atoms with Crippen LogP contribution in [0.5, 0.6) is 0 Å². The second-order valence-electron chi connectivity index (χ2n) is 5.48. The average molecular weight is 364 g/mol. The van der Waals surface area contributed by atoms with Crippen LogP contribution in [0.15, 0.2) is 35.5 Å². The van der Waals surface area contributed by atoms with Gasteiger partial charge in [-0.15, -0.1) is 0 Å². The zero-order valence-corrected chi connectivity index (χ0v) is 14.5. The standard InChI is InChI=1S/C17H20N2O7/c1-23-15(20)13(8-12-9-14(19-26-12)16(21)24-2)18-17(22)25-10-11-6-4-3-5-7-11/h3-7,12-13H,8-10H2,1-2H3,(H,18,22)/t12-,13+/m1/s1. The highest BCUT2D eigenvalue weighted by molar-refractivity contribution is 6.36. The van der Waals surface area contributed by atoms with Crippen LogP contribution in [-0.4, -0.2) is 50.1 Å². The first-order valence-corrected chi connectivity index (χ1v) is 7.89. The fourth-order valence-corrected chi connectivity index (χ4v) is 2.32. The van der Waals surface area contributed by atoms with Gasteiger partial charge in [-0.2, -0.15) is 0 Å². The topological polar surface area (TPSA) is 113 Å². The Morgan fingerprint density at radius 3 is 2.62 bits per heavy atom. The lowest BCUT2D eigenvalue weighted by Gasteiger charge is -2.18. The third kappa shape index (κ3) is 5.47. The molecule has 0 aromatic heterocycles. The van der Waals surface area contributed by atoms with Gasteiger partial charge in [-0.1, -0.05) is 35.5 Å². The molecule has 0 saturated heterocycles. The Balaban J connectivity index is 1.86. The normalized spacial score (nSPS) is 16.7. The predicted molar refractivity (Wildman–Crippen MR) is 89.1 cm³/mol. The highest BCUT2D eigenvalue weighted by atomic mass is 16.6. The SMILES string of the molecule is COC(=O)C1=NO[C@H](C[C@H](NC(=O)OCc2ccccc2)C(=O)OC)C1. The van der Waals surface area contributed by atoms with Crippen molar-refractivity contribution in [1.29, 1.82) is 0 Å². The van der Waals surface area contributed by atoms with Crippen LogP contribution < -0.4 is 5.32 Å². The third-order valence-electron chi connectivity index (χ3n) is 3.64. The van der Waals surface area contributed by atoms with Crippen LogP contribution in [-0.2, 0) is 35.2 Å². The van der Waals surface area contributed by atoms with Crippen LogP contribution in [0, 0.1) is 0 Å². The second kappa shape index (κ2) is 9.40. The van der Waals surface area contributed by atoms with Crippen molar-refractivity contribution < 1.29 is 33.4 Å². The lowest BCUT2D eigenvalue weighted by atomic mass is 10.0. The van der Waals surface area contributed by atoms with E-state index in [0.29, 0.717) is 0 Å². The number of carbonyl (C=O) groups is 3. The number of rotatable bonds is 7. The number of methoxy groups -OCH3 is 2. The summed E-state index contributed by atoms with van der Waals surface area (Å²) in [6.45, 7) is 0.0656. The first-order valence-electron chi connectivity index (χ1n) is 7.89. The van der Waals surface area contributed by atoms with E-state index in [2.05, 4.69) is 19.9 Å². The Hall–Kier alpha value is -3.10. The van der Waals surface area contributed by atoms with Gasteiger partial charge in [0.2, 0.25) is 0 Å². The summed E-state index contributed by atoms with van der Waals surface area (Å²) in [6.07, 6.45) is -1.10. The Bertz CT molecular complexity index is 675. The number of esters is 2. The summed E-state index contributed by atoms with van der Waals surface area (Å²) in [5.41, 5.74) is 0.931. The molecule has 2 rings (SSSR count). The summed E-state index contributed by atoms with van der Waals surface area (Å²) in [6, 6.07) is 8.12. The first-order chi connectivity index (χ1) is 12.5. The van der Waals surface area contributed by atoms with Gasteiger partial charge in [-0.25, -0.2) is 14.4 Å². The zero-order valence-electron chi connectivity index (χ0n) is 14.5. The number of ether oxygens (including phenoxy) is 3. The van der Waals surface area contributed by atoms with E-state index in [9.17, 15) is 14.4 Å². The molecule has 2 atom stereocenters. The number of alkyl carbamates (subject to hydrolysis) is 1. The minimum absolute atomic E-state index is 0.0656. The van der Waals surface area contributed by atoms with Crippen LogP contribution in [0.3, 0.4) is 0 Å². The van der Waals surface area contributed by atoms with Gasteiger partial charge in [-0.05, 0) is 5.56 Å². The molecular weight excluding hydrogens is 344 g/mol. The maximum absolute atomic E-state index is 12.0. The van der Waals surface area contributed by atoms with Crippen LogP contribution in [0.1, 0.15) is 18.4 Å². The van der Waals surface area contributed by atoms with E-state index >= 15 is 0 Å². The molecule has 140 valence electrons. The number of hydrogen-bond acceptors (Lipinski definition) is 8. The molecule has 1 N–H and O–H groups in total. The summed E-state index contributed by atoms with van der Waals surface area (Å²) in [5.74, 6) is -1.26. The van der Waals surface area contributed by atoms with Crippen molar-refractivity contribution in [2.45, 2.75) is 31.6 Å². The summed E-state index contributed by atoms with van der Waals surface area (Å²) in [4.78, 5) is 40.4. The monoisotopic (exact) mass is 364 g/mol. The molecule has 0 radical (unpaired) electrons. The minimum Gasteiger partial charge on any atom is -0.467 e. The van der Waals surface area contributed by atoms with Gasteiger partial charge in [0.1, 0.15) is 18.8 Å². The van der Waals surface area contributed by atoms with Crippen molar-refractivity contribution in [3.05, 3.63) is 35.9 Å². The molecule has 0 fully saturated rings. The first kappa shape index (κ1) is 19.2. The number of benzene rings is 1. The molecule has 0 bridgehead atoms. The Kier molecular flexibility index (Phi) is 6.95. The van der Waals surface area contributed by atoms with Gasteiger partial charge >= 0.3 is 18.0 Å². The smallest absolute Gasteiger partial charge is 0.408 e. The molecule has 0 unspecified atom stereocenters. The molecule has 0 aliphatic carbocycles. The van der Waals surface area contributed by atoms with Crippen LogP contribution in [0.25, 0.3) is 0 Å². The highest BCUT2D eigenvalue weighted by Crippen LogP contribution is 2.17. The number of nitrogens with zero attached hydrogens (tertiary/aromatic N) is 1. The van der Waals surface area contributed by atoms with Crippen molar-refractivity contribution in [3.8, 4) is 0 Å². The van der Waals surface area contributed by atoms with Crippen LogP contribution in [0.4, 0.5) is 4.79 Å². The number of nitrogens with one attached hydrogen (secondary N) is 1. The molecule has 1 aliphatic heterocycles. The summed E-state index contributed by atoms with van der Waals surface area (Å²) in [5, 5.41) is 6.07. The van der Waals surface area contributed by atoms with E-state index in [1.807, 2.05) is 30.3 Å². The predicted octanol–water partition coefficient (Wildman–Crippen LogP) is 1.16. The maximum atomic E-state index is 12.0. The molecule has 1 amide bonds. The van der Waals surface area contributed by atoms with E-state index in [-0.39, 0.29) is 25.2 Å². The third-order valence-corrected chi connectivity index (χ3v) is 3.64. The van der Waals surface area contributed by atoms with Gasteiger partial charge in [0.15, 0.2) is 5.71 Å². The van der Waals surface area contributed by atoms with Crippen molar-refractivity contribution >= 4 is 23.7 Å². The molecule has 1 aliphatic rings. The quantitative estimate of drug-likeness (QED) is 0.571. The molecule has 9 nitrogen and oxygen atoms in total. The second-order valence-corrected chi connectivity index (χ2v) is 5.48. The van der Waals surface area contributed by atoms with Crippen molar-refractivity contribution in [3.63, 3.8) is 0 Å². The maximum Gasteiger partial charge on any atom is 0.408 e. The molecule has 9 heteroatoms. The Morgan fingerprint density at radius 2 is 1.96 bits per heavy atom. The van der Waals surface area contributed by atoms with Gasteiger partial charge in [0, 0.05) is 12.8 Å². The largest absolute Gasteiger partial charge is 0.467 e. The van der Waals surface area contributed by atoms with Crippen molar-refractivity contribution in [1.82, 2.24) is 5.32 Å². The molecule has 1 heterocycles. The molecular formula is C17H20N2O7. The zero-order chi connectivity index (χ0) is 18.9. The Labute approximate surface area is 150 Å². The van der Waals surface area contributed by atoms with E-state index in [0.717, 1.165) is 5.56 Å². The molecule has 1 aromatic carbocycles. The highest BCUT2D eigenvalue weighted by Gasteiger charge is 2.33. The average Bonchev–Trinajstić information content (AvgIpc) is 3.14. The fraction of sp³-hybridized carbons (Fsp3) is 0.412. The van der Waals surface area contributed by atoms with Gasteiger partial charge in [-0.3, -0.25) is 0 Å². The number of amides is 1. The van der Waals surface area contributed by atoms with Crippen molar-refractivity contribution in [2.75, 3.05) is 14.2 Å². The number of oxime groups is 1. The molecule has 26 heavy (non-hydrogen) atoms. The van der Waals surface area contributed by atoms with Gasteiger partial charge in [0.25, 0.3) is 0 Å². The van der Waals surface area contributed by atoms with E-state index in [4.69, 9.17) is 9.57 Å². The van der Waals surface area contributed by atoms with Crippen LogP contribution in [0.2, 0.25) is 0 Å².